The second kappa shape index (κ2) is 7.64. The molecule has 1 aromatic carbocycles. The number of ether oxygens (including phenoxy) is 1. The molecule has 2 aromatic heterocycles. The summed E-state index contributed by atoms with van der Waals surface area (Å²) < 4.78 is 46.3. The molecule has 0 bridgehead atoms. The summed E-state index contributed by atoms with van der Waals surface area (Å²) in [4.78, 5) is 12.2. The molecule has 164 valence electrons. The minimum absolute atomic E-state index is 0.0251. The molecule has 2 saturated heterocycles. The van der Waals surface area contributed by atoms with Crippen LogP contribution in [0, 0.1) is 5.41 Å². The van der Waals surface area contributed by atoms with Gasteiger partial charge in [0.15, 0.2) is 5.65 Å². The fourth-order valence-corrected chi connectivity index (χ4v) is 5.20. The van der Waals surface area contributed by atoms with Crippen molar-refractivity contribution >= 4 is 23.4 Å². The van der Waals surface area contributed by atoms with Crippen LogP contribution in [0.4, 0.5) is 19.1 Å². The highest BCUT2D eigenvalue weighted by molar-refractivity contribution is 7.99. The van der Waals surface area contributed by atoms with Crippen molar-refractivity contribution in [1.82, 2.24) is 19.6 Å². The molecule has 0 amide bonds. The summed E-state index contributed by atoms with van der Waals surface area (Å²) >= 11 is 1.19. The molecule has 1 spiro atoms. The Balaban J connectivity index is 1.39. The zero-order valence-electron chi connectivity index (χ0n) is 16.5. The molecular formula is C20H21F3N6OS. The summed E-state index contributed by atoms with van der Waals surface area (Å²) in [5, 5.41) is 4.32. The number of hydrogen-bond donors (Lipinski definition) is 1. The van der Waals surface area contributed by atoms with Crippen LogP contribution < -0.4 is 10.6 Å². The molecule has 11 heteroatoms. The van der Waals surface area contributed by atoms with E-state index in [0.29, 0.717) is 34.6 Å². The number of fused-ring (bicyclic) bond motifs is 1. The van der Waals surface area contributed by atoms with Crippen LogP contribution >= 0.6 is 11.8 Å². The molecule has 5 rings (SSSR count). The van der Waals surface area contributed by atoms with Crippen LogP contribution in [-0.2, 0) is 10.9 Å². The minimum Gasteiger partial charge on any atom is -0.379 e. The van der Waals surface area contributed by atoms with E-state index in [1.54, 1.807) is 16.8 Å². The SMILES string of the molecule is N[C@@H]1COCC12CCN(c1ncc(Sc3cccc(C(F)(F)F)c3)c3ncnn13)CC2. The predicted octanol–water partition coefficient (Wildman–Crippen LogP) is 3.24. The quantitative estimate of drug-likeness (QED) is 0.656. The van der Waals surface area contributed by atoms with Gasteiger partial charge in [-0.05, 0) is 31.0 Å². The maximum absolute atomic E-state index is 13.0. The van der Waals surface area contributed by atoms with Crippen LogP contribution in [0.25, 0.3) is 5.65 Å². The van der Waals surface area contributed by atoms with Gasteiger partial charge < -0.3 is 15.4 Å². The zero-order chi connectivity index (χ0) is 21.6. The van der Waals surface area contributed by atoms with Gasteiger partial charge in [-0.1, -0.05) is 17.8 Å². The maximum atomic E-state index is 13.0. The Morgan fingerprint density at radius 3 is 2.71 bits per heavy atom. The van der Waals surface area contributed by atoms with Gasteiger partial charge in [0.05, 0.1) is 23.7 Å². The monoisotopic (exact) mass is 450 g/mol. The molecule has 4 heterocycles. The van der Waals surface area contributed by atoms with E-state index in [0.717, 1.165) is 38.1 Å². The smallest absolute Gasteiger partial charge is 0.379 e. The lowest BCUT2D eigenvalue weighted by molar-refractivity contribution is -0.137. The van der Waals surface area contributed by atoms with Gasteiger partial charge in [-0.2, -0.15) is 22.8 Å². The fraction of sp³-hybridized carbons (Fsp3) is 0.450. The lowest BCUT2D eigenvalue weighted by Gasteiger charge is -2.40. The van der Waals surface area contributed by atoms with Crippen molar-refractivity contribution in [3.63, 3.8) is 0 Å². The first-order valence-electron chi connectivity index (χ1n) is 9.98. The summed E-state index contributed by atoms with van der Waals surface area (Å²) in [6.07, 6.45) is 0.517. The van der Waals surface area contributed by atoms with E-state index in [2.05, 4.69) is 20.0 Å². The number of anilines is 1. The largest absolute Gasteiger partial charge is 0.416 e. The van der Waals surface area contributed by atoms with E-state index in [4.69, 9.17) is 10.5 Å². The molecule has 0 aliphatic carbocycles. The number of aromatic nitrogens is 4. The summed E-state index contributed by atoms with van der Waals surface area (Å²) in [5.74, 6) is 0.670. The Hall–Kier alpha value is -2.37. The topological polar surface area (TPSA) is 81.6 Å². The summed E-state index contributed by atoms with van der Waals surface area (Å²) in [7, 11) is 0. The molecule has 7 nitrogen and oxygen atoms in total. The summed E-state index contributed by atoms with van der Waals surface area (Å²) in [6, 6.07) is 5.28. The molecule has 3 aromatic rings. The summed E-state index contributed by atoms with van der Waals surface area (Å²) in [6.45, 7) is 2.85. The first kappa shape index (κ1) is 20.5. The highest BCUT2D eigenvalue weighted by Gasteiger charge is 2.44. The fourth-order valence-electron chi connectivity index (χ4n) is 4.28. The minimum atomic E-state index is -4.39. The Kier molecular flexibility index (Phi) is 5.06. The van der Waals surface area contributed by atoms with Crippen molar-refractivity contribution in [2.75, 3.05) is 31.2 Å². The zero-order valence-corrected chi connectivity index (χ0v) is 17.4. The molecule has 0 saturated carbocycles. The third kappa shape index (κ3) is 3.74. The highest BCUT2D eigenvalue weighted by Crippen LogP contribution is 2.40. The van der Waals surface area contributed by atoms with Crippen LogP contribution in [0.3, 0.4) is 0 Å². The van der Waals surface area contributed by atoms with Crippen LogP contribution in [-0.4, -0.2) is 51.9 Å². The number of rotatable bonds is 3. The van der Waals surface area contributed by atoms with Crippen molar-refractivity contribution in [1.29, 1.82) is 0 Å². The van der Waals surface area contributed by atoms with Gasteiger partial charge in [-0.25, -0.2) is 9.97 Å². The van der Waals surface area contributed by atoms with Gasteiger partial charge in [-0.3, -0.25) is 0 Å². The Morgan fingerprint density at radius 1 is 1.19 bits per heavy atom. The van der Waals surface area contributed by atoms with E-state index in [9.17, 15) is 13.2 Å². The molecule has 2 aliphatic heterocycles. The Morgan fingerprint density at radius 2 is 2.00 bits per heavy atom. The first-order chi connectivity index (χ1) is 14.9. The van der Waals surface area contributed by atoms with E-state index in [-0.39, 0.29) is 11.5 Å². The number of benzene rings is 1. The Bertz CT molecular complexity index is 1100. The van der Waals surface area contributed by atoms with Crippen molar-refractivity contribution in [3.8, 4) is 0 Å². The molecule has 0 radical (unpaired) electrons. The molecule has 2 aliphatic rings. The van der Waals surface area contributed by atoms with Gasteiger partial charge in [-0.15, -0.1) is 0 Å². The van der Waals surface area contributed by atoms with Crippen LogP contribution in [0.2, 0.25) is 0 Å². The van der Waals surface area contributed by atoms with Crippen molar-refractivity contribution in [2.45, 2.75) is 34.9 Å². The summed E-state index contributed by atoms with van der Waals surface area (Å²) in [5.41, 5.74) is 6.18. The number of nitrogens with two attached hydrogens (primary N) is 1. The van der Waals surface area contributed by atoms with Gasteiger partial charge in [0.25, 0.3) is 0 Å². The van der Waals surface area contributed by atoms with Crippen molar-refractivity contribution in [2.24, 2.45) is 11.1 Å². The molecule has 0 unspecified atom stereocenters. The average Bonchev–Trinajstić information content (AvgIpc) is 3.37. The van der Waals surface area contributed by atoms with Gasteiger partial charge in [0, 0.05) is 35.6 Å². The molecular weight excluding hydrogens is 429 g/mol. The third-order valence-electron chi connectivity index (χ3n) is 6.16. The third-order valence-corrected chi connectivity index (χ3v) is 7.16. The van der Waals surface area contributed by atoms with E-state index in [1.165, 1.54) is 24.2 Å². The average molecular weight is 450 g/mol. The van der Waals surface area contributed by atoms with E-state index >= 15 is 0 Å². The van der Waals surface area contributed by atoms with E-state index in [1.807, 2.05) is 0 Å². The second-order valence-electron chi connectivity index (χ2n) is 8.02. The van der Waals surface area contributed by atoms with Gasteiger partial charge >= 0.3 is 6.18 Å². The number of alkyl halides is 3. The molecule has 2 fully saturated rings. The maximum Gasteiger partial charge on any atom is 0.416 e. The lowest BCUT2D eigenvalue weighted by atomic mass is 9.75. The Labute approximate surface area is 180 Å². The number of nitrogens with zero attached hydrogens (tertiary/aromatic N) is 5. The molecule has 31 heavy (non-hydrogen) atoms. The van der Waals surface area contributed by atoms with Crippen LogP contribution in [0.1, 0.15) is 18.4 Å². The normalized spacial score (nSPS) is 21.3. The number of halogens is 3. The molecule has 2 N–H and O–H groups in total. The first-order valence-corrected chi connectivity index (χ1v) is 10.8. The number of hydrogen-bond acceptors (Lipinski definition) is 7. The number of piperidine rings is 1. The van der Waals surface area contributed by atoms with Crippen LogP contribution in [0.5, 0.6) is 0 Å². The lowest BCUT2D eigenvalue weighted by Crippen LogP contribution is -2.49. The highest BCUT2D eigenvalue weighted by atomic mass is 32.2. The van der Waals surface area contributed by atoms with Gasteiger partial charge in [0.2, 0.25) is 5.95 Å². The van der Waals surface area contributed by atoms with Gasteiger partial charge in [0.1, 0.15) is 6.33 Å². The van der Waals surface area contributed by atoms with Crippen LogP contribution in [0.15, 0.2) is 46.6 Å². The predicted molar refractivity (Wildman–Crippen MR) is 109 cm³/mol. The van der Waals surface area contributed by atoms with Crippen molar-refractivity contribution in [3.05, 3.63) is 42.4 Å². The van der Waals surface area contributed by atoms with E-state index < -0.39 is 11.7 Å². The second-order valence-corrected chi connectivity index (χ2v) is 9.13. The molecule has 1 atom stereocenters. The van der Waals surface area contributed by atoms with Crippen molar-refractivity contribution < 1.29 is 17.9 Å². The standard InChI is InChI=1S/C20H21F3N6OS/c21-20(22,23)13-2-1-3-14(8-13)31-15-9-25-18(29-17(15)26-12-27-29)28-6-4-19(5-7-28)11-30-10-16(19)24/h1-3,8-9,12,16H,4-7,10-11,24H2/t16-/m1/s1.